The molecule has 1 aromatic carbocycles. The molecule has 134 valence electrons. The van der Waals surface area contributed by atoms with Crippen molar-refractivity contribution in [3.63, 3.8) is 0 Å². The molecule has 2 heterocycles. The third kappa shape index (κ3) is 4.02. The van der Waals surface area contributed by atoms with Gasteiger partial charge in [-0.2, -0.15) is 9.90 Å². The van der Waals surface area contributed by atoms with E-state index < -0.39 is 0 Å². The predicted molar refractivity (Wildman–Crippen MR) is 98.4 cm³/mol. The first kappa shape index (κ1) is 17.5. The first-order valence-electron chi connectivity index (χ1n) is 8.35. The second-order valence-corrected chi connectivity index (χ2v) is 5.97. The number of carbonyl (C=O) groups is 1. The topological polar surface area (TPSA) is 97.6 Å². The number of nitrogens with zero attached hydrogens (tertiary/aromatic N) is 5. The van der Waals surface area contributed by atoms with E-state index in [2.05, 4.69) is 36.9 Å². The first-order valence-corrected chi connectivity index (χ1v) is 8.35. The first-order chi connectivity index (χ1) is 12.5. The lowest BCUT2D eigenvalue weighted by molar-refractivity contribution is 0.0949. The van der Waals surface area contributed by atoms with Crippen LogP contribution in [-0.4, -0.2) is 44.0 Å². The van der Waals surface area contributed by atoms with Gasteiger partial charge in [-0.25, -0.2) is 9.97 Å². The van der Waals surface area contributed by atoms with E-state index in [-0.39, 0.29) is 5.91 Å². The molecule has 2 N–H and O–H groups in total. The van der Waals surface area contributed by atoms with Crippen molar-refractivity contribution >= 4 is 11.9 Å². The van der Waals surface area contributed by atoms with Gasteiger partial charge < -0.3 is 10.6 Å². The maximum absolute atomic E-state index is 12.4. The van der Waals surface area contributed by atoms with Gasteiger partial charge in [0, 0.05) is 25.5 Å². The number of hydrogen-bond acceptors (Lipinski definition) is 6. The SMILES string of the molecule is Cc1ccc(-n2nc(C)c(C(=O)NCCNc3ncccn3)n2)c(C)c1. The molecule has 3 aromatic rings. The molecule has 0 saturated carbocycles. The minimum atomic E-state index is -0.255. The number of anilines is 1. The second kappa shape index (κ2) is 7.73. The third-order valence-electron chi connectivity index (χ3n) is 3.82. The fourth-order valence-electron chi connectivity index (χ4n) is 2.55. The number of nitrogens with one attached hydrogen (secondary N) is 2. The highest BCUT2D eigenvalue weighted by Gasteiger charge is 2.16. The van der Waals surface area contributed by atoms with Gasteiger partial charge in [-0.05, 0) is 38.5 Å². The van der Waals surface area contributed by atoms with Crippen molar-refractivity contribution in [1.82, 2.24) is 30.3 Å². The highest BCUT2D eigenvalue weighted by molar-refractivity contribution is 5.93. The molecular formula is C18H21N7O. The van der Waals surface area contributed by atoms with Crippen LogP contribution in [0.2, 0.25) is 0 Å². The Kier molecular flexibility index (Phi) is 5.21. The van der Waals surface area contributed by atoms with Gasteiger partial charge in [0.1, 0.15) is 0 Å². The normalized spacial score (nSPS) is 10.6. The van der Waals surface area contributed by atoms with Gasteiger partial charge in [-0.15, -0.1) is 5.10 Å². The standard InChI is InChI=1S/C18H21N7O/c1-12-5-6-15(13(2)11-12)25-23-14(3)16(24-25)17(26)19-9-10-22-18-20-7-4-8-21-18/h4-8,11H,9-10H2,1-3H3,(H,19,26)(H,20,21,22). The van der Waals surface area contributed by atoms with Gasteiger partial charge in [0.25, 0.3) is 5.91 Å². The number of benzene rings is 1. The summed E-state index contributed by atoms with van der Waals surface area (Å²) in [7, 11) is 0. The van der Waals surface area contributed by atoms with E-state index >= 15 is 0 Å². The highest BCUT2D eigenvalue weighted by atomic mass is 16.2. The van der Waals surface area contributed by atoms with Crippen molar-refractivity contribution in [3.05, 3.63) is 59.2 Å². The van der Waals surface area contributed by atoms with Crippen LogP contribution in [0.5, 0.6) is 0 Å². The van der Waals surface area contributed by atoms with Crippen LogP contribution < -0.4 is 10.6 Å². The number of amides is 1. The van der Waals surface area contributed by atoms with Crippen LogP contribution in [0.3, 0.4) is 0 Å². The zero-order valence-corrected chi connectivity index (χ0v) is 15.0. The van der Waals surface area contributed by atoms with E-state index in [9.17, 15) is 4.79 Å². The maximum atomic E-state index is 12.4. The van der Waals surface area contributed by atoms with Gasteiger partial charge in [-0.1, -0.05) is 17.7 Å². The van der Waals surface area contributed by atoms with E-state index in [1.807, 2.05) is 26.0 Å². The Balaban J connectivity index is 1.62. The molecule has 0 radical (unpaired) electrons. The summed E-state index contributed by atoms with van der Waals surface area (Å²) in [6, 6.07) is 7.76. The van der Waals surface area contributed by atoms with Gasteiger partial charge in [0.05, 0.1) is 11.4 Å². The summed E-state index contributed by atoms with van der Waals surface area (Å²) in [6.45, 7) is 6.75. The van der Waals surface area contributed by atoms with Crippen LogP contribution in [0.4, 0.5) is 5.95 Å². The zero-order chi connectivity index (χ0) is 18.5. The van der Waals surface area contributed by atoms with Crippen molar-refractivity contribution in [3.8, 4) is 5.69 Å². The Morgan fingerprint density at radius 1 is 1.08 bits per heavy atom. The Labute approximate surface area is 151 Å². The molecule has 8 heteroatoms. The molecule has 2 aromatic heterocycles. The van der Waals surface area contributed by atoms with Gasteiger partial charge in [0.15, 0.2) is 5.69 Å². The molecule has 26 heavy (non-hydrogen) atoms. The fourth-order valence-corrected chi connectivity index (χ4v) is 2.55. The van der Waals surface area contributed by atoms with E-state index in [0.29, 0.717) is 30.4 Å². The molecule has 0 saturated heterocycles. The molecule has 0 spiro atoms. The number of rotatable bonds is 6. The van der Waals surface area contributed by atoms with Crippen molar-refractivity contribution in [2.24, 2.45) is 0 Å². The monoisotopic (exact) mass is 351 g/mol. The average molecular weight is 351 g/mol. The Morgan fingerprint density at radius 2 is 1.85 bits per heavy atom. The molecule has 0 aliphatic heterocycles. The van der Waals surface area contributed by atoms with Gasteiger partial charge in [-0.3, -0.25) is 4.79 Å². The lowest BCUT2D eigenvalue weighted by atomic mass is 10.1. The summed E-state index contributed by atoms with van der Waals surface area (Å²) in [4.78, 5) is 22.0. The zero-order valence-electron chi connectivity index (χ0n) is 15.0. The number of hydrogen-bond donors (Lipinski definition) is 2. The van der Waals surface area contributed by atoms with Crippen molar-refractivity contribution < 1.29 is 4.79 Å². The summed E-state index contributed by atoms with van der Waals surface area (Å²) in [5.74, 6) is 0.271. The van der Waals surface area contributed by atoms with Crippen LogP contribution in [0, 0.1) is 20.8 Å². The van der Waals surface area contributed by atoms with Crippen molar-refractivity contribution in [2.75, 3.05) is 18.4 Å². The lowest BCUT2D eigenvalue weighted by Gasteiger charge is -2.06. The summed E-state index contributed by atoms with van der Waals surface area (Å²) in [5, 5.41) is 14.6. The minimum absolute atomic E-state index is 0.255. The van der Waals surface area contributed by atoms with E-state index in [4.69, 9.17) is 0 Å². The minimum Gasteiger partial charge on any atom is -0.352 e. The molecule has 0 atom stereocenters. The molecule has 0 aliphatic rings. The van der Waals surface area contributed by atoms with E-state index in [1.54, 1.807) is 25.4 Å². The molecule has 1 amide bonds. The molecule has 0 bridgehead atoms. The summed E-state index contributed by atoms with van der Waals surface area (Å²) >= 11 is 0. The lowest BCUT2D eigenvalue weighted by Crippen LogP contribution is -2.29. The summed E-state index contributed by atoms with van der Waals surface area (Å²) in [5.41, 5.74) is 3.99. The predicted octanol–water partition coefficient (Wildman–Crippen LogP) is 1.82. The van der Waals surface area contributed by atoms with Crippen LogP contribution in [0.25, 0.3) is 5.69 Å². The van der Waals surface area contributed by atoms with Crippen LogP contribution >= 0.6 is 0 Å². The summed E-state index contributed by atoms with van der Waals surface area (Å²) in [6.07, 6.45) is 3.31. The van der Waals surface area contributed by atoms with Crippen LogP contribution in [0.1, 0.15) is 27.3 Å². The number of aromatic nitrogens is 5. The molecular weight excluding hydrogens is 330 g/mol. The molecule has 3 rings (SSSR count). The van der Waals surface area contributed by atoms with E-state index in [0.717, 1.165) is 11.3 Å². The smallest absolute Gasteiger partial charge is 0.273 e. The number of aryl methyl sites for hydroxylation is 3. The maximum Gasteiger partial charge on any atom is 0.273 e. The Morgan fingerprint density at radius 3 is 2.58 bits per heavy atom. The van der Waals surface area contributed by atoms with E-state index in [1.165, 1.54) is 10.4 Å². The average Bonchev–Trinajstić information content (AvgIpc) is 3.01. The summed E-state index contributed by atoms with van der Waals surface area (Å²) < 4.78 is 0. The van der Waals surface area contributed by atoms with Gasteiger partial charge >= 0.3 is 0 Å². The Hall–Kier alpha value is -3.29. The molecule has 0 aliphatic carbocycles. The van der Waals surface area contributed by atoms with Gasteiger partial charge in [0.2, 0.25) is 5.95 Å². The van der Waals surface area contributed by atoms with Crippen molar-refractivity contribution in [2.45, 2.75) is 20.8 Å². The molecule has 0 unspecified atom stereocenters. The molecule has 0 fully saturated rings. The van der Waals surface area contributed by atoms with Crippen LogP contribution in [0.15, 0.2) is 36.7 Å². The van der Waals surface area contributed by atoms with Crippen LogP contribution in [-0.2, 0) is 0 Å². The number of carbonyl (C=O) groups excluding carboxylic acids is 1. The second-order valence-electron chi connectivity index (χ2n) is 5.97. The third-order valence-corrected chi connectivity index (χ3v) is 3.82. The Bertz CT molecular complexity index is 905. The van der Waals surface area contributed by atoms with Crippen molar-refractivity contribution in [1.29, 1.82) is 0 Å². The molecule has 8 nitrogen and oxygen atoms in total. The largest absolute Gasteiger partial charge is 0.352 e. The quantitative estimate of drug-likeness (QED) is 0.658. The highest BCUT2D eigenvalue weighted by Crippen LogP contribution is 2.15. The fraction of sp³-hybridized carbons (Fsp3) is 0.278.